The highest BCUT2D eigenvalue weighted by molar-refractivity contribution is 7.09. The molecule has 1 aliphatic rings. The van der Waals surface area contributed by atoms with Gasteiger partial charge in [0.15, 0.2) is 11.7 Å². The van der Waals surface area contributed by atoms with E-state index in [9.17, 15) is 13.2 Å². The molecule has 0 unspecified atom stereocenters. The molecule has 0 aromatic carbocycles. The fraction of sp³-hybridized carbons (Fsp3) is 0.526. The number of nitrogens with zero attached hydrogens (tertiary/aromatic N) is 4. The van der Waals surface area contributed by atoms with Gasteiger partial charge < -0.3 is 15.5 Å². The molecule has 2 N–H and O–H groups in total. The maximum atomic E-state index is 12.6. The molecular formula is C19H25F3N6S. The minimum Gasteiger partial charge on any atom is -0.356 e. The van der Waals surface area contributed by atoms with Crippen molar-refractivity contribution >= 4 is 23.1 Å². The van der Waals surface area contributed by atoms with Gasteiger partial charge in [-0.25, -0.2) is 9.97 Å². The van der Waals surface area contributed by atoms with Crippen LogP contribution in [0.4, 0.5) is 19.0 Å². The summed E-state index contributed by atoms with van der Waals surface area (Å²) in [6.07, 6.45) is -2.06. The van der Waals surface area contributed by atoms with Gasteiger partial charge in [-0.2, -0.15) is 13.2 Å². The number of rotatable bonds is 5. The summed E-state index contributed by atoms with van der Waals surface area (Å²) in [5, 5.41) is 8.07. The van der Waals surface area contributed by atoms with Gasteiger partial charge in [0.05, 0.1) is 5.01 Å². The van der Waals surface area contributed by atoms with Crippen LogP contribution in [0.15, 0.2) is 28.6 Å². The van der Waals surface area contributed by atoms with Crippen molar-refractivity contribution in [3.63, 3.8) is 0 Å². The van der Waals surface area contributed by atoms with Crippen molar-refractivity contribution in [1.82, 2.24) is 20.6 Å². The quantitative estimate of drug-likeness (QED) is 0.568. The van der Waals surface area contributed by atoms with Crippen molar-refractivity contribution in [2.75, 3.05) is 31.6 Å². The van der Waals surface area contributed by atoms with Crippen LogP contribution in [0, 0.1) is 6.92 Å². The molecule has 1 saturated heterocycles. The molecular weight excluding hydrogens is 401 g/mol. The summed E-state index contributed by atoms with van der Waals surface area (Å²) >= 11 is 1.03. The number of alkyl halides is 3. The zero-order valence-corrected chi connectivity index (χ0v) is 17.3. The number of aromatic nitrogens is 2. The fourth-order valence-electron chi connectivity index (χ4n) is 3.19. The molecule has 6 nitrogen and oxygen atoms in total. The molecule has 0 spiro atoms. The molecule has 1 fully saturated rings. The van der Waals surface area contributed by atoms with Crippen LogP contribution in [-0.4, -0.2) is 48.7 Å². The second-order valence-corrected chi connectivity index (χ2v) is 7.86. The topological polar surface area (TPSA) is 65.4 Å². The van der Waals surface area contributed by atoms with E-state index in [1.54, 1.807) is 7.05 Å². The Morgan fingerprint density at radius 2 is 2.03 bits per heavy atom. The standard InChI is InChI=1S/C19H25F3N6S/c1-13-4-3-5-16(25-13)28-10-7-14(8-11-28)26-18(23-2)24-9-6-17-27-15(12-29-17)19(20,21)22/h3-5,12,14H,6-11H2,1-2H3,(H2,23,24,26). The lowest BCUT2D eigenvalue weighted by molar-refractivity contribution is -0.140. The smallest absolute Gasteiger partial charge is 0.356 e. The Morgan fingerprint density at radius 3 is 2.66 bits per heavy atom. The third-order valence-electron chi connectivity index (χ3n) is 4.73. The molecule has 0 saturated carbocycles. The number of piperidine rings is 1. The van der Waals surface area contributed by atoms with Crippen LogP contribution in [0.3, 0.4) is 0 Å². The maximum Gasteiger partial charge on any atom is 0.434 e. The third-order valence-corrected chi connectivity index (χ3v) is 5.64. The van der Waals surface area contributed by atoms with Crippen molar-refractivity contribution in [2.45, 2.75) is 38.4 Å². The van der Waals surface area contributed by atoms with E-state index in [1.165, 1.54) is 0 Å². The average molecular weight is 427 g/mol. The Morgan fingerprint density at radius 1 is 1.28 bits per heavy atom. The number of thiazole rings is 1. The number of halogens is 3. The molecule has 2 aromatic heterocycles. The number of aryl methyl sites for hydroxylation is 1. The number of hydrogen-bond acceptors (Lipinski definition) is 5. The summed E-state index contributed by atoms with van der Waals surface area (Å²) in [4.78, 5) is 14.7. The van der Waals surface area contributed by atoms with Crippen LogP contribution < -0.4 is 15.5 Å². The molecule has 3 rings (SSSR count). The molecule has 0 bridgehead atoms. The first-order valence-electron chi connectivity index (χ1n) is 9.52. The van der Waals surface area contributed by atoms with E-state index in [0.717, 1.165) is 54.2 Å². The summed E-state index contributed by atoms with van der Waals surface area (Å²) in [5.41, 5.74) is 0.185. The zero-order valence-electron chi connectivity index (χ0n) is 16.5. The van der Waals surface area contributed by atoms with Crippen molar-refractivity contribution in [3.8, 4) is 0 Å². The van der Waals surface area contributed by atoms with Crippen molar-refractivity contribution < 1.29 is 13.2 Å². The number of aliphatic imine (C=N–C) groups is 1. The molecule has 1 aliphatic heterocycles. The van der Waals surface area contributed by atoms with Gasteiger partial charge in [-0.1, -0.05) is 6.07 Å². The van der Waals surface area contributed by atoms with Crippen LogP contribution in [0.25, 0.3) is 0 Å². The predicted molar refractivity (Wildman–Crippen MR) is 110 cm³/mol. The van der Waals surface area contributed by atoms with Gasteiger partial charge in [0, 0.05) is 50.2 Å². The Balaban J connectivity index is 1.42. The molecule has 2 aromatic rings. The van der Waals surface area contributed by atoms with Crippen molar-refractivity contribution in [2.24, 2.45) is 4.99 Å². The second-order valence-electron chi connectivity index (χ2n) is 6.92. The zero-order chi connectivity index (χ0) is 20.9. The van der Waals surface area contributed by atoms with E-state index in [4.69, 9.17) is 0 Å². The molecule has 158 valence electrons. The Bertz CT molecular complexity index is 827. The highest BCUT2D eigenvalue weighted by atomic mass is 32.1. The molecule has 0 amide bonds. The van der Waals surface area contributed by atoms with Gasteiger partial charge >= 0.3 is 6.18 Å². The van der Waals surface area contributed by atoms with Crippen LogP contribution in [0.1, 0.15) is 29.2 Å². The van der Waals surface area contributed by atoms with Crippen molar-refractivity contribution in [1.29, 1.82) is 0 Å². The summed E-state index contributed by atoms with van der Waals surface area (Å²) in [6, 6.07) is 6.33. The normalized spacial score (nSPS) is 16.2. The lowest BCUT2D eigenvalue weighted by Gasteiger charge is -2.34. The van der Waals surface area contributed by atoms with Gasteiger partial charge in [0.25, 0.3) is 0 Å². The lowest BCUT2D eigenvalue weighted by Crippen LogP contribution is -2.49. The van der Waals surface area contributed by atoms with E-state index < -0.39 is 11.9 Å². The Hall–Kier alpha value is -2.36. The van der Waals surface area contributed by atoms with Crippen LogP contribution in [0.2, 0.25) is 0 Å². The maximum absolute atomic E-state index is 12.6. The second kappa shape index (κ2) is 9.43. The highest BCUT2D eigenvalue weighted by Crippen LogP contribution is 2.30. The number of guanidine groups is 1. The summed E-state index contributed by atoms with van der Waals surface area (Å²) < 4.78 is 37.8. The number of hydrogen-bond donors (Lipinski definition) is 2. The van der Waals surface area contributed by atoms with Gasteiger partial charge in [-0.15, -0.1) is 11.3 Å². The van der Waals surface area contributed by atoms with Gasteiger partial charge in [0.2, 0.25) is 0 Å². The van der Waals surface area contributed by atoms with E-state index in [2.05, 4.69) is 30.5 Å². The van der Waals surface area contributed by atoms with E-state index >= 15 is 0 Å². The summed E-state index contributed by atoms with van der Waals surface area (Å²) in [5.74, 6) is 1.66. The van der Waals surface area contributed by atoms with Crippen LogP contribution in [0.5, 0.6) is 0 Å². The molecule has 0 radical (unpaired) electrons. The van der Waals surface area contributed by atoms with E-state index in [-0.39, 0.29) is 0 Å². The Labute approximate surface area is 172 Å². The Kier molecular flexibility index (Phi) is 6.94. The van der Waals surface area contributed by atoms with Gasteiger partial charge in [0.1, 0.15) is 5.82 Å². The van der Waals surface area contributed by atoms with Crippen LogP contribution >= 0.6 is 11.3 Å². The molecule has 0 aliphatic carbocycles. The minimum atomic E-state index is -4.39. The average Bonchev–Trinajstić information content (AvgIpc) is 3.17. The van der Waals surface area contributed by atoms with E-state index in [1.807, 2.05) is 25.1 Å². The van der Waals surface area contributed by atoms with E-state index in [0.29, 0.717) is 30.0 Å². The summed E-state index contributed by atoms with van der Waals surface area (Å²) in [7, 11) is 1.69. The first-order valence-corrected chi connectivity index (χ1v) is 10.4. The monoisotopic (exact) mass is 426 g/mol. The number of nitrogens with one attached hydrogen (secondary N) is 2. The predicted octanol–water partition coefficient (Wildman–Crippen LogP) is 3.24. The number of pyridine rings is 1. The highest BCUT2D eigenvalue weighted by Gasteiger charge is 2.33. The minimum absolute atomic E-state index is 0.291. The first kappa shape index (κ1) is 21.4. The molecule has 10 heteroatoms. The molecule has 3 heterocycles. The fourth-order valence-corrected chi connectivity index (χ4v) is 3.99. The van der Waals surface area contributed by atoms with Crippen molar-refractivity contribution in [3.05, 3.63) is 40.0 Å². The largest absolute Gasteiger partial charge is 0.434 e. The number of anilines is 1. The van der Waals surface area contributed by atoms with Gasteiger partial charge in [-0.3, -0.25) is 4.99 Å². The first-order chi connectivity index (χ1) is 13.8. The van der Waals surface area contributed by atoms with Gasteiger partial charge in [-0.05, 0) is 31.9 Å². The van der Waals surface area contributed by atoms with Crippen LogP contribution in [-0.2, 0) is 12.6 Å². The molecule has 0 atom stereocenters. The lowest BCUT2D eigenvalue weighted by atomic mass is 10.1. The SMILES string of the molecule is CN=C(NCCc1nc(C(F)(F)F)cs1)NC1CCN(c2cccc(C)n2)CC1. The summed E-state index contributed by atoms with van der Waals surface area (Å²) in [6.45, 7) is 4.27. The third kappa shape index (κ3) is 6.06. The molecule has 29 heavy (non-hydrogen) atoms.